The van der Waals surface area contributed by atoms with E-state index in [2.05, 4.69) is 4.98 Å². The Balaban J connectivity index is 2.33. The molecule has 0 unspecified atom stereocenters. The largest absolute Gasteiger partial charge is 0.334 e. The van der Waals surface area contributed by atoms with Crippen molar-refractivity contribution in [3.8, 4) is 0 Å². The summed E-state index contributed by atoms with van der Waals surface area (Å²) in [7, 11) is -3.49. The summed E-state index contributed by atoms with van der Waals surface area (Å²) in [5, 5.41) is 0.141. The molecule has 1 heterocycles. The van der Waals surface area contributed by atoms with Gasteiger partial charge in [-0.2, -0.15) is 4.31 Å². The maximum absolute atomic E-state index is 12.5. The smallest absolute Gasteiger partial charge is 0.262 e. The number of nitrogens with zero attached hydrogens (tertiary/aromatic N) is 3. The van der Waals surface area contributed by atoms with E-state index in [0.717, 1.165) is 18.7 Å². The van der Waals surface area contributed by atoms with Gasteiger partial charge >= 0.3 is 0 Å². The molecule has 1 fully saturated rings. The normalized spacial score (nSPS) is 16.4. The molecular weight excluding hydrogens is 252 g/mol. The van der Waals surface area contributed by atoms with Gasteiger partial charge in [-0.15, -0.1) is 0 Å². The minimum absolute atomic E-state index is 0.116. The lowest BCUT2D eigenvalue weighted by molar-refractivity contribution is 0.409. The van der Waals surface area contributed by atoms with Crippen molar-refractivity contribution in [1.82, 2.24) is 13.9 Å². The molecule has 102 valence electrons. The van der Waals surface area contributed by atoms with Crippen molar-refractivity contribution in [2.24, 2.45) is 5.73 Å². The zero-order chi connectivity index (χ0) is 13.3. The minimum atomic E-state index is -3.49. The molecule has 0 amide bonds. The highest BCUT2D eigenvalue weighted by Crippen LogP contribution is 2.31. The van der Waals surface area contributed by atoms with Gasteiger partial charge in [-0.25, -0.2) is 13.4 Å². The van der Waals surface area contributed by atoms with Crippen LogP contribution in [0.1, 0.15) is 25.6 Å². The average molecular weight is 272 g/mol. The monoisotopic (exact) mass is 272 g/mol. The van der Waals surface area contributed by atoms with E-state index in [-0.39, 0.29) is 11.1 Å². The lowest BCUT2D eigenvalue weighted by Crippen LogP contribution is -2.37. The van der Waals surface area contributed by atoms with E-state index in [4.69, 9.17) is 5.73 Å². The van der Waals surface area contributed by atoms with E-state index < -0.39 is 10.0 Å². The second kappa shape index (κ2) is 4.99. The topological polar surface area (TPSA) is 81.2 Å². The summed E-state index contributed by atoms with van der Waals surface area (Å²) < 4.78 is 28.3. The van der Waals surface area contributed by atoms with Crippen molar-refractivity contribution < 1.29 is 8.42 Å². The molecule has 0 spiro atoms. The van der Waals surface area contributed by atoms with Gasteiger partial charge in [0.15, 0.2) is 5.03 Å². The second-order valence-electron chi connectivity index (χ2n) is 4.55. The van der Waals surface area contributed by atoms with Gasteiger partial charge < -0.3 is 10.3 Å². The highest BCUT2D eigenvalue weighted by molar-refractivity contribution is 7.89. The van der Waals surface area contributed by atoms with Gasteiger partial charge in [0.25, 0.3) is 10.0 Å². The van der Waals surface area contributed by atoms with E-state index in [1.807, 2.05) is 18.4 Å². The summed E-state index contributed by atoms with van der Waals surface area (Å²) in [5.41, 5.74) is 5.50. The molecule has 1 aromatic rings. The summed E-state index contributed by atoms with van der Waals surface area (Å²) in [5.74, 6) is 0.722. The van der Waals surface area contributed by atoms with Crippen LogP contribution in [0.4, 0.5) is 0 Å². The Morgan fingerprint density at radius 2 is 2.22 bits per heavy atom. The van der Waals surface area contributed by atoms with Crippen LogP contribution in [0.25, 0.3) is 0 Å². The zero-order valence-corrected chi connectivity index (χ0v) is 11.7. The van der Waals surface area contributed by atoms with Gasteiger partial charge in [-0.3, -0.25) is 0 Å². The maximum Gasteiger partial charge on any atom is 0.262 e. The van der Waals surface area contributed by atoms with E-state index in [1.54, 1.807) is 6.20 Å². The SMILES string of the molecule is CCn1cc(S(=O)(=O)N(CCN)C2CC2)nc1C. The molecule has 0 atom stereocenters. The third kappa shape index (κ3) is 2.43. The van der Waals surface area contributed by atoms with Gasteiger partial charge in [0.05, 0.1) is 0 Å². The lowest BCUT2D eigenvalue weighted by Gasteiger charge is -2.19. The number of rotatable bonds is 6. The third-order valence-corrected chi connectivity index (χ3v) is 4.99. The van der Waals surface area contributed by atoms with Crippen LogP contribution in [0.2, 0.25) is 0 Å². The summed E-state index contributed by atoms with van der Waals surface area (Å²) in [4.78, 5) is 4.16. The van der Waals surface area contributed by atoms with Crippen molar-refractivity contribution in [3.63, 3.8) is 0 Å². The van der Waals surface area contributed by atoms with Crippen molar-refractivity contribution in [3.05, 3.63) is 12.0 Å². The van der Waals surface area contributed by atoms with E-state index in [0.29, 0.717) is 19.6 Å². The van der Waals surface area contributed by atoms with E-state index in [1.165, 1.54) is 4.31 Å². The number of nitrogens with two attached hydrogens (primary N) is 1. The number of hydrogen-bond donors (Lipinski definition) is 1. The number of hydrogen-bond acceptors (Lipinski definition) is 4. The fourth-order valence-electron chi connectivity index (χ4n) is 2.03. The standard InChI is InChI=1S/C11H20N4O2S/c1-3-14-8-11(13-9(14)2)18(16,17)15(7-6-12)10-4-5-10/h8,10H,3-7,12H2,1-2H3. The Labute approximate surface area is 108 Å². The lowest BCUT2D eigenvalue weighted by atomic mass is 10.6. The number of aryl methyl sites for hydroxylation is 2. The highest BCUT2D eigenvalue weighted by atomic mass is 32.2. The first-order chi connectivity index (χ1) is 8.50. The third-order valence-electron chi connectivity index (χ3n) is 3.17. The van der Waals surface area contributed by atoms with Crippen LogP contribution >= 0.6 is 0 Å². The van der Waals surface area contributed by atoms with Gasteiger partial charge in [-0.05, 0) is 26.7 Å². The summed E-state index contributed by atoms with van der Waals surface area (Å²) in [6, 6.07) is 0.116. The van der Waals surface area contributed by atoms with Gasteiger partial charge in [0.1, 0.15) is 5.82 Å². The molecule has 0 saturated heterocycles. The minimum Gasteiger partial charge on any atom is -0.334 e. The fourth-order valence-corrected chi connectivity index (χ4v) is 3.73. The highest BCUT2D eigenvalue weighted by Gasteiger charge is 2.38. The van der Waals surface area contributed by atoms with Gasteiger partial charge in [0.2, 0.25) is 0 Å². The Kier molecular flexibility index (Phi) is 3.74. The molecule has 0 aromatic carbocycles. The average Bonchev–Trinajstić information content (AvgIpc) is 3.08. The molecule has 0 radical (unpaired) electrons. The van der Waals surface area contributed by atoms with Gasteiger partial charge in [-0.1, -0.05) is 0 Å². The number of aromatic nitrogens is 2. The molecule has 2 N–H and O–H groups in total. The molecule has 0 bridgehead atoms. The molecular formula is C11H20N4O2S. The van der Waals surface area contributed by atoms with Crippen molar-refractivity contribution in [2.45, 2.75) is 44.3 Å². The first-order valence-electron chi connectivity index (χ1n) is 6.26. The fraction of sp³-hybridized carbons (Fsp3) is 0.727. The molecule has 2 rings (SSSR count). The molecule has 6 nitrogen and oxygen atoms in total. The molecule has 0 aliphatic heterocycles. The summed E-state index contributed by atoms with van der Waals surface area (Å²) in [6.45, 7) is 5.19. The second-order valence-corrected chi connectivity index (χ2v) is 6.39. The Morgan fingerprint density at radius 1 is 1.56 bits per heavy atom. The summed E-state index contributed by atoms with van der Waals surface area (Å²) >= 11 is 0. The van der Waals surface area contributed by atoms with Crippen molar-refractivity contribution in [1.29, 1.82) is 0 Å². The molecule has 7 heteroatoms. The Hall–Kier alpha value is -0.920. The van der Waals surface area contributed by atoms with E-state index >= 15 is 0 Å². The van der Waals surface area contributed by atoms with Gasteiger partial charge in [0, 0.05) is 31.9 Å². The van der Waals surface area contributed by atoms with E-state index in [9.17, 15) is 8.42 Å². The van der Waals surface area contributed by atoms with Crippen LogP contribution in [0.3, 0.4) is 0 Å². The zero-order valence-electron chi connectivity index (χ0n) is 10.8. The molecule has 1 aromatic heterocycles. The van der Waals surface area contributed by atoms with Crippen LogP contribution in [-0.2, 0) is 16.6 Å². The quantitative estimate of drug-likeness (QED) is 0.809. The first-order valence-corrected chi connectivity index (χ1v) is 7.70. The van der Waals surface area contributed by atoms with Crippen LogP contribution in [0, 0.1) is 6.92 Å². The van der Waals surface area contributed by atoms with Crippen LogP contribution < -0.4 is 5.73 Å². The molecule has 1 saturated carbocycles. The molecule has 1 aliphatic rings. The maximum atomic E-state index is 12.5. The molecule has 1 aliphatic carbocycles. The number of sulfonamides is 1. The van der Waals surface area contributed by atoms with Crippen molar-refractivity contribution >= 4 is 10.0 Å². The first kappa shape index (κ1) is 13.5. The Bertz CT molecular complexity index is 519. The Morgan fingerprint density at radius 3 is 2.67 bits per heavy atom. The predicted molar refractivity (Wildman–Crippen MR) is 68.6 cm³/mol. The van der Waals surface area contributed by atoms with Crippen LogP contribution in [-0.4, -0.2) is 41.4 Å². The number of imidazole rings is 1. The predicted octanol–water partition coefficient (Wildman–Crippen LogP) is 0.323. The summed E-state index contributed by atoms with van der Waals surface area (Å²) in [6.07, 6.45) is 3.45. The van der Waals surface area contributed by atoms with Crippen LogP contribution in [0.5, 0.6) is 0 Å². The van der Waals surface area contributed by atoms with Crippen molar-refractivity contribution in [2.75, 3.05) is 13.1 Å². The molecule has 18 heavy (non-hydrogen) atoms. The van der Waals surface area contributed by atoms with Crippen LogP contribution in [0.15, 0.2) is 11.2 Å².